The summed E-state index contributed by atoms with van der Waals surface area (Å²) in [5.74, 6) is 1.93. The summed E-state index contributed by atoms with van der Waals surface area (Å²) in [5, 5.41) is 0. The van der Waals surface area contributed by atoms with Crippen LogP contribution in [0.25, 0.3) is 0 Å². The number of benzene rings is 2. The number of carbonyl (C=O) groups excluding carboxylic acids is 1. The minimum atomic E-state index is 0.0120. The number of hydrogen-bond acceptors (Lipinski definition) is 4. The van der Waals surface area contributed by atoms with Gasteiger partial charge in [-0.3, -0.25) is 9.69 Å². The zero-order valence-electron chi connectivity index (χ0n) is 17.4. The predicted molar refractivity (Wildman–Crippen MR) is 113 cm³/mol. The lowest BCUT2D eigenvalue weighted by Gasteiger charge is -2.35. The van der Waals surface area contributed by atoms with Crippen molar-refractivity contribution in [1.82, 2.24) is 9.80 Å². The fourth-order valence-corrected chi connectivity index (χ4v) is 4.06. The van der Waals surface area contributed by atoms with Gasteiger partial charge >= 0.3 is 0 Å². The van der Waals surface area contributed by atoms with Gasteiger partial charge in [-0.05, 0) is 35.1 Å². The third-order valence-electron chi connectivity index (χ3n) is 6.09. The third-order valence-corrected chi connectivity index (χ3v) is 6.09. The van der Waals surface area contributed by atoms with Crippen molar-refractivity contribution in [3.05, 3.63) is 59.7 Å². The first-order chi connectivity index (χ1) is 14.0. The maximum Gasteiger partial charge on any atom is 0.231 e. The zero-order chi connectivity index (χ0) is 20.3. The van der Waals surface area contributed by atoms with Crippen LogP contribution in [-0.4, -0.2) is 48.7 Å². The van der Waals surface area contributed by atoms with Gasteiger partial charge in [0.05, 0.1) is 0 Å². The van der Waals surface area contributed by atoms with Crippen molar-refractivity contribution >= 4 is 5.91 Å². The van der Waals surface area contributed by atoms with Gasteiger partial charge in [0.1, 0.15) is 0 Å². The van der Waals surface area contributed by atoms with E-state index in [9.17, 15) is 4.79 Å². The van der Waals surface area contributed by atoms with Crippen LogP contribution in [0.2, 0.25) is 0 Å². The molecule has 0 aromatic heterocycles. The van der Waals surface area contributed by atoms with Crippen LogP contribution >= 0.6 is 0 Å². The molecule has 0 aliphatic carbocycles. The van der Waals surface area contributed by atoms with Gasteiger partial charge in [-0.25, -0.2) is 0 Å². The Bertz CT molecular complexity index is 842. The second-order valence-corrected chi connectivity index (χ2v) is 8.59. The lowest BCUT2D eigenvalue weighted by atomic mass is 9.80. The molecule has 29 heavy (non-hydrogen) atoms. The Labute approximate surface area is 173 Å². The molecule has 154 valence electrons. The Kier molecular flexibility index (Phi) is 5.76. The molecule has 2 aromatic rings. The van der Waals surface area contributed by atoms with E-state index in [0.717, 1.165) is 50.6 Å². The van der Waals surface area contributed by atoms with E-state index in [-0.39, 0.29) is 11.3 Å². The van der Waals surface area contributed by atoms with E-state index < -0.39 is 0 Å². The number of amides is 1. The first kappa shape index (κ1) is 19.8. The Morgan fingerprint density at radius 1 is 0.966 bits per heavy atom. The van der Waals surface area contributed by atoms with Gasteiger partial charge in [0.15, 0.2) is 11.5 Å². The minimum absolute atomic E-state index is 0.0120. The number of piperazine rings is 1. The van der Waals surface area contributed by atoms with Crippen molar-refractivity contribution in [2.45, 2.75) is 38.6 Å². The monoisotopic (exact) mass is 394 g/mol. The summed E-state index contributed by atoms with van der Waals surface area (Å²) in [7, 11) is 0. The highest BCUT2D eigenvalue weighted by molar-refractivity contribution is 5.76. The van der Waals surface area contributed by atoms with Crippen LogP contribution < -0.4 is 9.47 Å². The lowest BCUT2D eigenvalue weighted by molar-refractivity contribution is -0.133. The predicted octanol–water partition coefficient (Wildman–Crippen LogP) is 3.82. The molecule has 1 amide bonds. The summed E-state index contributed by atoms with van der Waals surface area (Å²) in [6, 6.07) is 16.6. The quantitative estimate of drug-likeness (QED) is 0.747. The van der Waals surface area contributed by atoms with Crippen LogP contribution in [0.4, 0.5) is 0 Å². The van der Waals surface area contributed by atoms with Crippen molar-refractivity contribution < 1.29 is 14.3 Å². The number of fused-ring (bicyclic) bond motifs is 1. The summed E-state index contributed by atoms with van der Waals surface area (Å²) < 4.78 is 10.8. The highest BCUT2D eigenvalue weighted by atomic mass is 16.7. The van der Waals surface area contributed by atoms with Gasteiger partial charge in [-0.2, -0.15) is 0 Å². The van der Waals surface area contributed by atoms with Gasteiger partial charge in [0, 0.05) is 39.1 Å². The smallest absolute Gasteiger partial charge is 0.231 e. The van der Waals surface area contributed by atoms with E-state index in [1.165, 1.54) is 11.1 Å². The van der Waals surface area contributed by atoms with Gasteiger partial charge in [0.2, 0.25) is 12.7 Å². The molecule has 5 heteroatoms. The normalized spacial score (nSPS) is 16.8. The molecular formula is C24H30N2O3. The molecular weight excluding hydrogens is 364 g/mol. The zero-order valence-corrected chi connectivity index (χ0v) is 17.4. The molecule has 4 rings (SSSR count). The maximum atomic E-state index is 12.7. The molecule has 2 aromatic carbocycles. The molecule has 0 saturated carbocycles. The Balaban J connectivity index is 1.24. The van der Waals surface area contributed by atoms with Crippen molar-refractivity contribution in [1.29, 1.82) is 0 Å². The lowest BCUT2D eigenvalue weighted by Crippen LogP contribution is -2.48. The molecule has 1 fully saturated rings. The van der Waals surface area contributed by atoms with E-state index in [1.807, 2.05) is 17.0 Å². The average Bonchev–Trinajstić information content (AvgIpc) is 3.21. The molecule has 5 nitrogen and oxygen atoms in total. The fourth-order valence-electron chi connectivity index (χ4n) is 4.06. The molecule has 2 heterocycles. The largest absolute Gasteiger partial charge is 0.454 e. The molecule has 2 aliphatic heterocycles. The van der Waals surface area contributed by atoms with Crippen LogP contribution in [0.3, 0.4) is 0 Å². The van der Waals surface area contributed by atoms with Crippen LogP contribution in [0.15, 0.2) is 48.5 Å². The molecule has 0 unspecified atom stereocenters. The van der Waals surface area contributed by atoms with Gasteiger partial charge in [-0.1, -0.05) is 50.2 Å². The van der Waals surface area contributed by atoms with E-state index in [0.29, 0.717) is 13.2 Å². The van der Waals surface area contributed by atoms with Crippen LogP contribution in [0.1, 0.15) is 37.8 Å². The highest BCUT2D eigenvalue weighted by Crippen LogP contribution is 2.33. The van der Waals surface area contributed by atoms with Gasteiger partial charge in [-0.15, -0.1) is 0 Å². The topological polar surface area (TPSA) is 42.0 Å². The second kappa shape index (κ2) is 8.46. The SMILES string of the molecule is CC(C)(CCC(=O)N1CCN(Cc2ccc3c(c2)OCO3)CC1)c1ccccc1. The molecule has 0 radical (unpaired) electrons. The number of hydrogen-bond donors (Lipinski definition) is 0. The third kappa shape index (κ3) is 4.73. The standard InChI is InChI=1S/C24H30N2O3/c1-24(2,20-6-4-3-5-7-20)11-10-23(27)26-14-12-25(13-15-26)17-19-8-9-21-22(16-19)29-18-28-21/h3-9,16H,10-15,17-18H2,1-2H3. The summed E-state index contributed by atoms with van der Waals surface area (Å²) in [5.41, 5.74) is 2.53. The number of ether oxygens (including phenoxy) is 2. The van der Waals surface area contributed by atoms with Crippen LogP contribution in [-0.2, 0) is 16.8 Å². The van der Waals surface area contributed by atoms with Crippen LogP contribution in [0.5, 0.6) is 11.5 Å². The summed E-state index contributed by atoms with van der Waals surface area (Å²) >= 11 is 0. The number of nitrogens with zero attached hydrogens (tertiary/aromatic N) is 2. The van der Waals surface area contributed by atoms with E-state index in [1.54, 1.807) is 0 Å². The molecule has 0 N–H and O–H groups in total. The highest BCUT2D eigenvalue weighted by Gasteiger charge is 2.25. The van der Waals surface area contributed by atoms with Crippen LogP contribution in [0, 0.1) is 0 Å². The molecule has 1 saturated heterocycles. The Hall–Kier alpha value is -2.53. The first-order valence-corrected chi connectivity index (χ1v) is 10.5. The van der Waals surface area contributed by atoms with Crippen molar-refractivity contribution in [2.24, 2.45) is 0 Å². The summed E-state index contributed by atoms with van der Waals surface area (Å²) in [6.07, 6.45) is 1.47. The first-order valence-electron chi connectivity index (χ1n) is 10.5. The van der Waals surface area contributed by atoms with E-state index in [2.05, 4.69) is 55.1 Å². The average molecular weight is 395 g/mol. The van der Waals surface area contributed by atoms with E-state index in [4.69, 9.17) is 9.47 Å². The van der Waals surface area contributed by atoms with Gasteiger partial charge < -0.3 is 14.4 Å². The molecule has 2 aliphatic rings. The number of carbonyl (C=O) groups is 1. The van der Waals surface area contributed by atoms with E-state index >= 15 is 0 Å². The van der Waals surface area contributed by atoms with Gasteiger partial charge in [0.25, 0.3) is 0 Å². The van der Waals surface area contributed by atoms with Crippen molar-refractivity contribution in [2.75, 3.05) is 33.0 Å². The Morgan fingerprint density at radius 3 is 2.45 bits per heavy atom. The minimum Gasteiger partial charge on any atom is -0.454 e. The summed E-state index contributed by atoms with van der Waals surface area (Å²) in [4.78, 5) is 17.2. The maximum absolute atomic E-state index is 12.7. The summed E-state index contributed by atoms with van der Waals surface area (Å²) in [6.45, 7) is 9.03. The molecule has 0 atom stereocenters. The Morgan fingerprint density at radius 2 is 1.69 bits per heavy atom. The van der Waals surface area contributed by atoms with Crippen molar-refractivity contribution in [3.8, 4) is 11.5 Å². The molecule has 0 spiro atoms. The van der Waals surface area contributed by atoms with Crippen molar-refractivity contribution in [3.63, 3.8) is 0 Å². The second-order valence-electron chi connectivity index (χ2n) is 8.59. The fraction of sp³-hybridized carbons (Fsp3) is 0.458. The molecule has 0 bridgehead atoms. The number of rotatable bonds is 6.